The van der Waals surface area contributed by atoms with Crippen molar-refractivity contribution < 1.29 is 39.3 Å². The van der Waals surface area contributed by atoms with Gasteiger partial charge in [-0.15, -0.1) is 0 Å². The molecule has 0 aromatic carbocycles. The first-order valence-electron chi connectivity index (χ1n) is 2.79. The number of carbonyl (C=O) groups is 2. The number of rotatable bonds is 0. The van der Waals surface area contributed by atoms with Crippen LogP contribution in [0.5, 0.6) is 0 Å². The standard InChI is InChI=1S/2C2H4O2.CH4ClN3.Zn/c2*1-2(3)4;2-5-1(3)4;/h2*1H3,(H,3,4);(H4,3,4,5);/q;;;+2/p-2. The second kappa shape index (κ2) is 18.0. The van der Waals surface area contributed by atoms with Crippen molar-refractivity contribution in [1.29, 1.82) is 5.41 Å². The van der Waals surface area contributed by atoms with Gasteiger partial charge in [-0.05, 0) is 13.8 Å². The van der Waals surface area contributed by atoms with Gasteiger partial charge in [0, 0.05) is 23.7 Å². The molecule has 0 bridgehead atoms. The maximum absolute atomic E-state index is 8.89. The minimum Gasteiger partial charge on any atom is -0.550 e. The third-order valence-electron chi connectivity index (χ3n) is 0.102. The summed E-state index contributed by atoms with van der Waals surface area (Å²) in [5.41, 5.74) is 4.63. The molecule has 14 heavy (non-hydrogen) atoms. The van der Waals surface area contributed by atoms with E-state index < -0.39 is 11.9 Å². The SMILES string of the molecule is CC(=O)[O-].CC(=O)[O-].N=C(N)NCl.[Zn+2]. The third kappa shape index (κ3) is 903. The van der Waals surface area contributed by atoms with Crippen LogP contribution in [-0.2, 0) is 29.1 Å². The van der Waals surface area contributed by atoms with Gasteiger partial charge in [-0.2, -0.15) is 0 Å². The van der Waals surface area contributed by atoms with Gasteiger partial charge < -0.3 is 25.5 Å². The zero-order chi connectivity index (χ0) is 11.4. The molecule has 0 heterocycles. The van der Waals surface area contributed by atoms with Crippen LogP contribution < -0.4 is 20.8 Å². The average Bonchev–Trinajstić information content (AvgIpc) is 1.84. The molecule has 0 aliphatic heterocycles. The topological polar surface area (TPSA) is 142 Å². The fourth-order valence-electron chi connectivity index (χ4n) is 0. The van der Waals surface area contributed by atoms with Crippen molar-refractivity contribution in [2.24, 2.45) is 5.73 Å². The fraction of sp³-hybridized carbons (Fsp3) is 0.400. The minimum atomic E-state index is -1.08. The van der Waals surface area contributed by atoms with Crippen LogP contribution in [0, 0.1) is 5.41 Å². The van der Waals surface area contributed by atoms with Crippen molar-refractivity contribution >= 4 is 29.7 Å². The van der Waals surface area contributed by atoms with E-state index in [4.69, 9.17) is 37.0 Å². The van der Waals surface area contributed by atoms with E-state index in [0.29, 0.717) is 0 Å². The molecule has 7 nitrogen and oxygen atoms in total. The molecule has 0 aromatic rings. The molecule has 9 heteroatoms. The maximum atomic E-state index is 8.89. The maximum Gasteiger partial charge on any atom is 2.00 e. The Bertz CT molecular complexity index is 158. The molecule has 0 fully saturated rings. The number of carbonyl (C=O) groups excluding carboxylic acids is 2. The van der Waals surface area contributed by atoms with Crippen LogP contribution in [0.3, 0.4) is 0 Å². The molecule has 0 saturated heterocycles. The normalized spacial score (nSPS) is 5.93. The van der Waals surface area contributed by atoms with E-state index in [9.17, 15) is 0 Å². The summed E-state index contributed by atoms with van der Waals surface area (Å²) in [4.78, 5) is 19.6. The van der Waals surface area contributed by atoms with Crippen LogP contribution in [0.1, 0.15) is 13.8 Å². The van der Waals surface area contributed by atoms with Crippen LogP contribution in [0.25, 0.3) is 0 Å². The molecule has 0 aromatic heterocycles. The van der Waals surface area contributed by atoms with E-state index in [1.807, 2.05) is 4.84 Å². The number of nitrogens with two attached hydrogens (primary N) is 1. The van der Waals surface area contributed by atoms with Gasteiger partial charge in [0.2, 0.25) is 5.96 Å². The number of guanidine groups is 1. The Morgan fingerprint density at radius 2 is 1.36 bits per heavy atom. The summed E-state index contributed by atoms with van der Waals surface area (Å²) >= 11 is 4.74. The van der Waals surface area contributed by atoms with Crippen molar-refractivity contribution in [2.75, 3.05) is 0 Å². The van der Waals surface area contributed by atoms with Crippen molar-refractivity contribution in [3.8, 4) is 0 Å². The summed E-state index contributed by atoms with van der Waals surface area (Å²) < 4.78 is 0. The average molecular weight is 277 g/mol. The molecule has 0 rings (SSSR count). The number of carboxylic acids is 2. The van der Waals surface area contributed by atoms with Crippen molar-refractivity contribution in [1.82, 2.24) is 4.84 Å². The summed E-state index contributed by atoms with van der Waals surface area (Å²) in [6.45, 7) is 1.94. The number of hydrogen-bond donors (Lipinski definition) is 3. The molecule has 4 N–H and O–H groups in total. The first-order chi connectivity index (χ1) is 5.73. The van der Waals surface area contributed by atoms with Gasteiger partial charge in [-0.25, -0.2) is 0 Å². The van der Waals surface area contributed by atoms with Gasteiger partial charge in [-0.3, -0.25) is 10.2 Å². The van der Waals surface area contributed by atoms with Crippen molar-refractivity contribution in [3.05, 3.63) is 0 Å². The Kier molecular flexibility index (Phi) is 29.8. The van der Waals surface area contributed by atoms with Crippen molar-refractivity contribution in [3.63, 3.8) is 0 Å². The molecule has 0 radical (unpaired) electrons. The van der Waals surface area contributed by atoms with Crippen LogP contribution in [-0.4, -0.2) is 17.9 Å². The van der Waals surface area contributed by atoms with Crippen LogP contribution in [0.2, 0.25) is 0 Å². The first-order valence-corrected chi connectivity index (χ1v) is 3.17. The van der Waals surface area contributed by atoms with Crippen molar-refractivity contribution in [2.45, 2.75) is 13.8 Å². The van der Waals surface area contributed by atoms with Crippen LogP contribution in [0.15, 0.2) is 0 Å². The zero-order valence-corrected chi connectivity index (χ0v) is 11.5. The quantitative estimate of drug-likeness (QED) is 0.188. The Labute approximate surface area is 99.0 Å². The van der Waals surface area contributed by atoms with E-state index >= 15 is 0 Å². The molecular formula is C5H10ClN3O4Zn. The molecular weight excluding hydrogens is 267 g/mol. The van der Waals surface area contributed by atoms with Gasteiger partial charge in [-0.1, -0.05) is 0 Å². The Balaban J connectivity index is -0.0000000522. The van der Waals surface area contributed by atoms with Gasteiger partial charge in [0.15, 0.2) is 0 Å². The summed E-state index contributed by atoms with van der Waals surface area (Å²) in [6.07, 6.45) is 0. The monoisotopic (exact) mass is 275 g/mol. The predicted molar refractivity (Wildman–Crippen MR) is 42.3 cm³/mol. The number of carboxylic acid groups (broad SMARTS) is 2. The third-order valence-corrected chi connectivity index (χ3v) is 0.305. The van der Waals surface area contributed by atoms with Gasteiger partial charge >= 0.3 is 19.5 Å². The van der Waals surface area contributed by atoms with E-state index in [0.717, 1.165) is 13.8 Å². The molecule has 0 saturated carbocycles. The summed E-state index contributed by atoms with van der Waals surface area (Å²) in [7, 11) is 0. The molecule has 0 aliphatic carbocycles. The number of aliphatic carboxylic acids is 2. The second-order valence-electron chi connectivity index (χ2n) is 1.49. The molecule has 0 atom stereocenters. The number of hydrogen-bond acceptors (Lipinski definition) is 5. The fourth-order valence-corrected chi connectivity index (χ4v) is 0. The molecule has 0 unspecified atom stereocenters. The smallest absolute Gasteiger partial charge is 0.550 e. The van der Waals surface area contributed by atoms with Gasteiger partial charge in [0.1, 0.15) is 0 Å². The van der Waals surface area contributed by atoms with Gasteiger partial charge in [0.05, 0.1) is 0 Å². The summed E-state index contributed by atoms with van der Waals surface area (Å²) in [6, 6.07) is 0. The van der Waals surface area contributed by atoms with E-state index in [1.165, 1.54) is 0 Å². The zero-order valence-electron chi connectivity index (χ0n) is 7.80. The predicted octanol–water partition coefficient (Wildman–Crippen LogP) is -2.87. The first kappa shape index (κ1) is 23.2. The van der Waals surface area contributed by atoms with E-state index in [-0.39, 0.29) is 25.4 Å². The van der Waals surface area contributed by atoms with Crippen LogP contribution in [0.4, 0.5) is 0 Å². The summed E-state index contributed by atoms with van der Waals surface area (Å²) in [5.74, 6) is -2.40. The Morgan fingerprint density at radius 1 is 1.29 bits per heavy atom. The van der Waals surface area contributed by atoms with Crippen LogP contribution >= 0.6 is 11.8 Å². The Morgan fingerprint density at radius 3 is 1.36 bits per heavy atom. The van der Waals surface area contributed by atoms with E-state index in [1.54, 1.807) is 0 Å². The molecule has 78 valence electrons. The van der Waals surface area contributed by atoms with Gasteiger partial charge in [0.25, 0.3) is 0 Å². The van der Waals surface area contributed by atoms with E-state index in [2.05, 4.69) is 5.73 Å². The molecule has 0 amide bonds. The number of halogens is 1. The molecule has 0 spiro atoms. The molecule has 0 aliphatic rings. The Hall–Kier alpha value is -0.877. The summed E-state index contributed by atoms with van der Waals surface area (Å²) in [5, 5.41) is 24.1. The minimum absolute atomic E-state index is 0. The number of nitrogens with one attached hydrogen (secondary N) is 2. The second-order valence-corrected chi connectivity index (χ2v) is 1.68. The largest absolute Gasteiger partial charge is 2.00 e.